The highest BCUT2D eigenvalue weighted by Gasteiger charge is 2.22. The van der Waals surface area contributed by atoms with E-state index in [-0.39, 0.29) is 17.2 Å². The van der Waals surface area contributed by atoms with Crippen molar-refractivity contribution in [3.05, 3.63) is 0 Å². The van der Waals surface area contributed by atoms with Crippen LogP contribution in [0.1, 0.15) is 46.0 Å². The van der Waals surface area contributed by atoms with Gasteiger partial charge in [0.2, 0.25) is 5.91 Å². The van der Waals surface area contributed by atoms with Gasteiger partial charge in [-0.2, -0.15) is 0 Å². The summed E-state index contributed by atoms with van der Waals surface area (Å²) >= 11 is 0. The minimum absolute atomic E-state index is 0.256. The average Bonchev–Trinajstić information content (AvgIpc) is 2.95. The first-order valence-corrected chi connectivity index (χ1v) is 7.44. The van der Waals surface area contributed by atoms with E-state index in [0.717, 1.165) is 51.9 Å². The van der Waals surface area contributed by atoms with Gasteiger partial charge in [-0.15, -0.1) is 0 Å². The molecule has 1 amide bonds. The molecular formula is C14H28N4O2. The summed E-state index contributed by atoms with van der Waals surface area (Å²) in [6.07, 6.45) is 4.63. The molecule has 6 heteroatoms. The summed E-state index contributed by atoms with van der Waals surface area (Å²) in [7, 11) is 0. The number of oxime groups is 1. The van der Waals surface area contributed by atoms with Crippen molar-refractivity contribution in [2.45, 2.75) is 46.0 Å². The minimum Gasteiger partial charge on any atom is -0.409 e. The van der Waals surface area contributed by atoms with Gasteiger partial charge in [0, 0.05) is 31.5 Å². The van der Waals surface area contributed by atoms with Crippen LogP contribution in [0.25, 0.3) is 0 Å². The predicted octanol–water partition coefficient (Wildman–Crippen LogP) is 1.14. The SMILES string of the molecule is CC(C)(CCCNCCC(=O)N1CCCC1)C(N)=NO. The molecule has 0 aromatic heterocycles. The summed E-state index contributed by atoms with van der Waals surface area (Å²) in [5, 5.41) is 15.0. The average molecular weight is 284 g/mol. The molecule has 0 aromatic rings. The second kappa shape index (κ2) is 8.09. The second-order valence-electron chi connectivity index (χ2n) is 6.06. The van der Waals surface area contributed by atoms with Crippen LogP contribution in [-0.2, 0) is 4.79 Å². The molecular weight excluding hydrogens is 256 g/mol. The van der Waals surface area contributed by atoms with E-state index < -0.39 is 0 Å². The van der Waals surface area contributed by atoms with E-state index in [1.807, 2.05) is 18.7 Å². The number of hydrogen-bond donors (Lipinski definition) is 3. The predicted molar refractivity (Wildman–Crippen MR) is 79.7 cm³/mol. The fraction of sp³-hybridized carbons (Fsp3) is 0.857. The highest BCUT2D eigenvalue weighted by Crippen LogP contribution is 2.21. The van der Waals surface area contributed by atoms with Gasteiger partial charge >= 0.3 is 0 Å². The monoisotopic (exact) mass is 284 g/mol. The van der Waals surface area contributed by atoms with Gasteiger partial charge in [0.05, 0.1) is 0 Å². The maximum Gasteiger partial charge on any atom is 0.223 e. The van der Waals surface area contributed by atoms with Crippen molar-refractivity contribution in [2.75, 3.05) is 26.2 Å². The summed E-state index contributed by atoms with van der Waals surface area (Å²) in [5.41, 5.74) is 5.34. The Bertz CT molecular complexity index is 336. The lowest BCUT2D eigenvalue weighted by Gasteiger charge is -2.22. The molecule has 1 heterocycles. The van der Waals surface area contributed by atoms with Gasteiger partial charge in [0.15, 0.2) is 0 Å². The van der Waals surface area contributed by atoms with Crippen LogP contribution >= 0.6 is 0 Å². The van der Waals surface area contributed by atoms with Crippen molar-refractivity contribution in [3.63, 3.8) is 0 Å². The molecule has 0 spiro atoms. The van der Waals surface area contributed by atoms with E-state index in [1.54, 1.807) is 0 Å². The molecule has 1 saturated heterocycles. The fourth-order valence-corrected chi connectivity index (χ4v) is 2.36. The van der Waals surface area contributed by atoms with Crippen LogP contribution in [0.5, 0.6) is 0 Å². The molecule has 1 rings (SSSR count). The molecule has 116 valence electrons. The van der Waals surface area contributed by atoms with Crippen LogP contribution in [0.4, 0.5) is 0 Å². The summed E-state index contributed by atoms with van der Waals surface area (Å²) in [6.45, 7) is 7.33. The molecule has 0 aromatic carbocycles. The Morgan fingerprint density at radius 3 is 2.60 bits per heavy atom. The van der Waals surface area contributed by atoms with Crippen LogP contribution in [-0.4, -0.2) is 48.0 Å². The number of nitrogens with two attached hydrogens (primary N) is 1. The van der Waals surface area contributed by atoms with Crippen molar-refractivity contribution in [2.24, 2.45) is 16.3 Å². The first-order chi connectivity index (χ1) is 9.47. The molecule has 0 bridgehead atoms. The highest BCUT2D eigenvalue weighted by atomic mass is 16.4. The van der Waals surface area contributed by atoms with Gasteiger partial charge in [-0.1, -0.05) is 19.0 Å². The van der Waals surface area contributed by atoms with Crippen molar-refractivity contribution in [1.82, 2.24) is 10.2 Å². The molecule has 0 radical (unpaired) electrons. The van der Waals surface area contributed by atoms with E-state index in [0.29, 0.717) is 6.42 Å². The molecule has 20 heavy (non-hydrogen) atoms. The Kier molecular flexibility index (Phi) is 6.78. The number of nitrogens with zero attached hydrogens (tertiary/aromatic N) is 2. The zero-order valence-corrected chi connectivity index (χ0v) is 12.7. The zero-order valence-electron chi connectivity index (χ0n) is 12.7. The van der Waals surface area contributed by atoms with E-state index >= 15 is 0 Å². The Hall–Kier alpha value is -1.30. The van der Waals surface area contributed by atoms with Crippen molar-refractivity contribution in [3.8, 4) is 0 Å². The van der Waals surface area contributed by atoms with Crippen LogP contribution in [0, 0.1) is 5.41 Å². The first-order valence-electron chi connectivity index (χ1n) is 7.44. The van der Waals surface area contributed by atoms with Crippen molar-refractivity contribution < 1.29 is 10.0 Å². The third-order valence-corrected chi connectivity index (χ3v) is 3.93. The normalized spacial score (nSPS) is 16.7. The Morgan fingerprint density at radius 1 is 1.35 bits per heavy atom. The van der Waals surface area contributed by atoms with E-state index in [1.165, 1.54) is 0 Å². The number of nitrogens with one attached hydrogen (secondary N) is 1. The molecule has 4 N–H and O–H groups in total. The second-order valence-corrected chi connectivity index (χ2v) is 6.06. The van der Waals surface area contributed by atoms with Crippen LogP contribution in [0.2, 0.25) is 0 Å². The lowest BCUT2D eigenvalue weighted by molar-refractivity contribution is -0.130. The third kappa shape index (κ3) is 5.36. The number of carbonyl (C=O) groups is 1. The number of likely N-dealkylation sites (tertiary alicyclic amines) is 1. The Morgan fingerprint density at radius 2 is 2.00 bits per heavy atom. The summed E-state index contributed by atoms with van der Waals surface area (Å²) in [4.78, 5) is 13.7. The van der Waals surface area contributed by atoms with E-state index in [9.17, 15) is 4.79 Å². The van der Waals surface area contributed by atoms with Crippen molar-refractivity contribution in [1.29, 1.82) is 0 Å². The Labute approximate surface area is 121 Å². The number of rotatable bonds is 8. The standard InChI is InChI=1S/C14H28N4O2/c1-14(2,13(15)17-20)7-5-8-16-9-6-12(19)18-10-3-4-11-18/h16,20H,3-11H2,1-2H3,(H2,15,17). The molecule has 0 atom stereocenters. The summed E-state index contributed by atoms with van der Waals surface area (Å²) < 4.78 is 0. The molecule has 6 nitrogen and oxygen atoms in total. The van der Waals surface area contributed by atoms with Gasteiger partial charge < -0.3 is 21.2 Å². The van der Waals surface area contributed by atoms with Gasteiger partial charge in [-0.3, -0.25) is 4.79 Å². The highest BCUT2D eigenvalue weighted by molar-refractivity contribution is 5.85. The summed E-state index contributed by atoms with van der Waals surface area (Å²) in [6, 6.07) is 0. The molecule has 0 aliphatic carbocycles. The van der Waals surface area contributed by atoms with Crippen LogP contribution in [0.15, 0.2) is 5.16 Å². The minimum atomic E-state index is -0.290. The Balaban J connectivity index is 2.06. The van der Waals surface area contributed by atoms with Crippen LogP contribution < -0.4 is 11.1 Å². The van der Waals surface area contributed by atoms with Gasteiger partial charge in [-0.05, 0) is 32.2 Å². The number of amidine groups is 1. The molecule has 1 aliphatic rings. The van der Waals surface area contributed by atoms with Gasteiger partial charge in [0.1, 0.15) is 5.84 Å². The molecule has 1 fully saturated rings. The van der Waals surface area contributed by atoms with Crippen LogP contribution in [0.3, 0.4) is 0 Å². The molecule has 1 aliphatic heterocycles. The van der Waals surface area contributed by atoms with Gasteiger partial charge in [-0.25, -0.2) is 0 Å². The largest absolute Gasteiger partial charge is 0.409 e. The fourth-order valence-electron chi connectivity index (χ4n) is 2.36. The maximum atomic E-state index is 11.8. The number of hydrogen-bond acceptors (Lipinski definition) is 4. The van der Waals surface area contributed by atoms with E-state index in [4.69, 9.17) is 10.9 Å². The third-order valence-electron chi connectivity index (χ3n) is 3.93. The molecule has 0 unspecified atom stereocenters. The zero-order chi connectivity index (χ0) is 15.0. The smallest absolute Gasteiger partial charge is 0.223 e. The van der Waals surface area contributed by atoms with Crippen molar-refractivity contribution >= 4 is 11.7 Å². The van der Waals surface area contributed by atoms with E-state index in [2.05, 4.69) is 10.5 Å². The lowest BCUT2D eigenvalue weighted by Crippen LogP contribution is -2.33. The maximum absolute atomic E-state index is 11.8. The van der Waals surface area contributed by atoms with Gasteiger partial charge in [0.25, 0.3) is 0 Å². The topological polar surface area (TPSA) is 91.0 Å². The number of carbonyl (C=O) groups excluding carboxylic acids is 1. The first kappa shape index (κ1) is 16.8. The number of amides is 1. The molecule has 0 saturated carbocycles. The quantitative estimate of drug-likeness (QED) is 0.205. The summed E-state index contributed by atoms with van der Waals surface area (Å²) in [5.74, 6) is 0.522. The lowest BCUT2D eigenvalue weighted by atomic mass is 9.86.